The van der Waals surface area contributed by atoms with E-state index in [2.05, 4.69) is 5.32 Å². The zero-order valence-electron chi connectivity index (χ0n) is 12.1. The highest BCUT2D eigenvalue weighted by Crippen LogP contribution is 2.34. The van der Waals surface area contributed by atoms with Crippen molar-refractivity contribution in [1.29, 1.82) is 0 Å². The van der Waals surface area contributed by atoms with Crippen LogP contribution >= 0.6 is 0 Å². The molecule has 1 aliphatic rings. The van der Waals surface area contributed by atoms with Gasteiger partial charge >= 0.3 is 5.97 Å². The first-order chi connectivity index (χ1) is 9.45. The molecule has 0 aliphatic heterocycles. The average molecular weight is 281 g/mol. The molecule has 2 N–H and O–H groups in total. The summed E-state index contributed by atoms with van der Waals surface area (Å²) >= 11 is 0. The Bertz CT molecular complexity index is 403. The number of hydrogen-bond acceptors (Lipinski definition) is 3. The lowest BCUT2D eigenvalue weighted by Crippen LogP contribution is -2.39. The highest BCUT2D eigenvalue weighted by molar-refractivity contribution is 5.86. The zero-order valence-corrected chi connectivity index (χ0v) is 12.1. The molecule has 0 unspecified atom stereocenters. The lowest BCUT2D eigenvalue weighted by molar-refractivity contribution is -0.141. The molecule has 0 aromatic rings. The number of aliphatic carboxylic acids is 1. The number of carboxylic acids is 1. The Morgan fingerprint density at radius 1 is 1.45 bits per heavy atom. The van der Waals surface area contributed by atoms with Crippen LogP contribution in [0.1, 0.15) is 46.0 Å². The van der Waals surface area contributed by atoms with Gasteiger partial charge in [0, 0.05) is 18.8 Å². The lowest BCUT2D eigenvalue weighted by atomic mass is 9.89. The summed E-state index contributed by atoms with van der Waals surface area (Å²) in [7, 11) is 0. The molecule has 0 heterocycles. The predicted molar refractivity (Wildman–Crippen MR) is 75.1 cm³/mol. The van der Waals surface area contributed by atoms with Gasteiger partial charge in [0.15, 0.2) is 0 Å². The van der Waals surface area contributed by atoms with Crippen LogP contribution in [0, 0.1) is 11.8 Å². The van der Waals surface area contributed by atoms with Crippen LogP contribution < -0.4 is 5.32 Å². The molecule has 5 heteroatoms. The number of rotatable bonds is 7. The SMILES string of the molecule is CC/C=C\C[C@H]1C(=O)CC[C@@H]1CC(=O)N[C@@H](C)C(=O)O. The van der Waals surface area contributed by atoms with Gasteiger partial charge in [-0.1, -0.05) is 19.1 Å². The molecule has 1 saturated carbocycles. The quantitative estimate of drug-likeness (QED) is 0.698. The summed E-state index contributed by atoms with van der Waals surface area (Å²) in [4.78, 5) is 34.3. The summed E-state index contributed by atoms with van der Waals surface area (Å²) in [5.41, 5.74) is 0. The molecule has 0 aromatic carbocycles. The number of Topliss-reactive ketones (excluding diaryl/α,β-unsaturated/α-hetero) is 1. The predicted octanol–water partition coefficient (Wildman–Crippen LogP) is 1.92. The van der Waals surface area contributed by atoms with E-state index in [0.29, 0.717) is 12.8 Å². The van der Waals surface area contributed by atoms with Gasteiger partial charge in [-0.25, -0.2) is 0 Å². The van der Waals surface area contributed by atoms with Crippen molar-refractivity contribution >= 4 is 17.7 Å². The number of hydrogen-bond donors (Lipinski definition) is 2. The van der Waals surface area contributed by atoms with Crippen molar-refractivity contribution < 1.29 is 19.5 Å². The molecule has 1 fully saturated rings. The summed E-state index contributed by atoms with van der Waals surface area (Å²) < 4.78 is 0. The normalized spacial score (nSPS) is 24.0. The highest BCUT2D eigenvalue weighted by atomic mass is 16.4. The average Bonchev–Trinajstić information content (AvgIpc) is 2.71. The van der Waals surface area contributed by atoms with Gasteiger partial charge in [-0.2, -0.15) is 0 Å². The van der Waals surface area contributed by atoms with Crippen molar-refractivity contribution in [1.82, 2.24) is 5.32 Å². The smallest absolute Gasteiger partial charge is 0.325 e. The number of nitrogens with one attached hydrogen (secondary N) is 1. The van der Waals surface area contributed by atoms with E-state index in [9.17, 15) is 14.4 Å². The maximum Gasteiger partial charge on any atom is 0.325 e. The van der Waals surface area contributed by atoms with Crippen molar-refractivity contribution in [2.75, 3.05) is 0 Å². The second-order valence-corrected chi connectivity index (χ2v) is 5.32. The molecule has 20 heavy (non-hydrogen) atoms. The maximum atomic E-state index is 11.8. The van der Waals surface area contributed by atoms with E-state index in [0.717, 1.165) is 12.8 Å². The Morgan fingerprint density at radius 2 is 2.15 bits per heavy atom. The Balaban J connectivity index is 2.52. The lowest BCUT2D eigenvalue weighted by Gasteiger charge is -2.17. The molecule has 112 valence electrons. The molecule has 0 aromatic heterocycles. The van der Waals surface area contributed by atoms with Gasteiger partial charge in [0.1, 0.15) is 11.8 Å². The topological polar surface area (TPSA) is 83.5 Å². The second-order valence-electron chi connectivity index (χ2n) is 5.32. The molecule has 1 aliphatic carbocycles. The number of carbonyl (C=O) groups is 3. The van der Waals surface area contributed by atoms with Crippen LogP contribution in [0.15, 0.2) is 12.2 Å². The Kier molecular flexibility index (Phi) is 6.42. The molecule has 0 saturated heterocycles. The molecule has 0 radical (unpaired) electrons. The minimum atomic E-state index is -1.05. The van der Waals surface area contributed by atoms with Crippen LogP contribution in [0.2, 0.25) is 0 Å². The third-order valence-corrected chi connectivity index (χ3v) is 3.73. The number of ketones is 1. The summed E-state index contributed by atoms with van der Waals surface area (Å²) in [5.74, 6) is -1.18. The number of carboxylic acid groups (broad SMARTS) is 1. The fourth-order valence-corrected chi connectivity index (χ4v) is 2.56. The van der Waals surface area contributed by atoms with E-state index >= 15 is 0 Å². The first-order valence-corrected chi connectivity index (χ1v) is 7.15. The molecule has 3 atom stereocenters. The highest BCUT2D eigenvalue weighted by Gasteiger charge is 2.35. The molecule has 0 spiro atoms. The van der Waals surface area contributed by atoms with Gasteiger partial charge in [0.05, 0.1) is 0 Å². The summed E-state index contributed by atoms with van der Waals surface area (Å²) in [6.07, 6.45) is 7.11. The maximum absolute atomic E-state index is 11.8. The summed E-state index contributed by atoms with van der Waals surface area (Å²) in [6, 6.07) is -0.891. The molecule has 5 nitrogen and oxygen atoms in total. The van der Waals surface area contributed by atoms with Crippen LogP contribution in [-0.4, -0.2) is 28.8 Å². The van der Waals surface area contributed by atoms with Gasteiger partial charge in [-0.3, -0.25) is 14.4 Å². The van der Waals surface area contributed by atoms with Gasteiger partial charge in [-0.05, 0) is 32.1 Å². The molecular formula is C15H23NO4. The number of allylic oxidation sites excluding steroid dienone is 2. The van der Waals surface area contributed by atoms with Crippen LogP contribution in [-0.2, 0) is 14.4 Å². The fraction of sp³-hybridized carbons (Fsp3) is 0.667. The third-order valence-electron chi connectivity index (χ3n) is 3.73. The van der Waals surface area contributed by atoms with Crippen molar-refractivity contribution in [3.63, 3.8) is 0 Å². The van der Waals surface area contributed by atoms with Gasteiger partial charge in [-0.15, -0.1) is 0 Å². The van der Waals surface area contributed by atoms with Crippen molar-refractivity contribution in [3.05, 3.63) is 12.2 Å². The Hall–Kier alpha value is -1.65. The van der Waals surface area contributed by atoms with E-state index in [1.54, 1.807) is 0 Å². The van der Waals surface area contributed by atoms with E-state index in [4.69, 9.17) is 5.11 Å². The van der Waals surface area contributed by atoms with Crippen molar-refractivity contribution in [2.45, 2.75) is 52.0 Å². The monoisotopic (exact) mass is 281 g/mol. The van der Waals surface area contributed by atoms with E-state index < -0.39 is 12.0 Å². The second kappa shape index (κ2) is 7.82. The van der Waals surface area contributed by atoms with E-state index in [1.807, 2.05) is 19.1 Å². The summed E-state index contributed by atoms with van der Waals surface area (Å²) in [6.45, 7) is 3.46. The summed E-state index contributed by atoms with van der Waals surface area (Å²) in [5, 5.41) is 11.2. The van der Waals surface area contributed by atoms with Gasteiger partial charge < -0.3 is 10.4 Å². The Labute approximate surface area is 119 Å². The van der Waals surface area contributed by atoms with Crippen LogP contribution in [0.25, 0.3) is 0 Å². The van der Waals surface area contributed by atoms with Crippen molar-refractivity contribution in [2.24, 2.45) is 11.8 Å². The number of amides is 1. The van der Waals surface area contributed by atoms with E-state index in [1.165, 1.54) is 6.92 Å². The molecule has 0 bridgehead atoms. The van der Waals surface area contributed by atoms with Crippen LogP contribution in [0.3, 0.4) is 0 Å². The first kappa shape index (κ1) is 16.4. The Morgan fingerprint density at radius 3 is 2.75 bits per heavy atom. The van der Waals surface area contributed by atoms with E-state index in [-0.39, 0.29) is 29.9 Å². The molecule has 1 rings (SSSR count). The third kappa shape index (κ3) is 4.79. The molecular weight excluding hydrogens is 258 g/mol. The van der Waals surface area contributed by atoms with Crippen LogP contribution in [0.4, 0.5) is 0 Å². The fourth-order valence-electron chi connectivity index (χ4n) is 2.56. The standard InChI is InChI=1S/C15H23NO4/c1-3-4-5-6-12-11(7-8-13(12)17)9-14(18)16-10(2)15(19)20/h4-5,10-12H,3,6-9H2,1-2H3,(H,16,18)(H,19,20)/b5-4-/t10-,11+,12+/m0/s1. The number of carbonyl (C=O) groups excluding carboxylic acids is 2. The zero-order chi connectivity index (χ0) is 15.1. The van der Waals surface area contributed by atoms with Gasteiger partial charge in [0.2, 0.25) is 5.91 Å². The molecule has 1 amide bonds. The minimum absolute atomic E-state index is 0.0324. The van der Waals surface area contributed by atoms with Crippen molar-refractivity contribution in [3.8, 4) is 0 Å². The first-order valence-electron chi connectivity index (χ1n) is 7.15. The van der Waals surface area contributed by atoms with Crippen LogP contribution in [0.5, 0.6) is 0 Å². The largest absolute Gasteiger partial charge is 0.480 e. The van der Waals surface area contributed by atoms with Gasteiger partial charge in [0.25, 0.3) is 0 Å². The minimum Gasteiger partial charge on any atom is -0.480 e.